The van der Waals surface area contributed by atoms with Gasteiger partial charge in [0, 0.05) is 37.6 Å². The van der Waals surface area contributed by atoms with Gasteiger partial charge in [0.25, 0.3) is 6.01 Å². The number of oxazole rings is 1. The fraction of sp³-hybridized carbons (Fsp3) is 0.421. The summed E-state index contributed by atoms with van der Waals surface area (Å²) in [5.74, 6) is 0. The average molecular weight is 367 g/mol. The number of piperazine rings is 1. The van der Waals surface area contributed by atoms with E-state index in [1.807, 2.05) is 16.9 Å². The van der Waals surface area contributed by atoms with Gasteiger partial charge in [-0.25, -0.2) is 4.68 Å². The normalized spacial score (nSPS) is 21.0. The van der Waals surface area contributed by atoms with Crippen molar-refractivity contribution >= 4 is 23.3 Å². The second-order valence-electron chi connectivity index (χ2n) is 6.89. The predicted octanol–water partition coefficient (Wildman–Crippen LogP) is 1.93. The van der Waals surface area contributed by atoms with E-state index in [0.29, 0.717) is 12.1 Å². The van der Waals surface area contributed by atoms with Crippen molar-refractivity contribution < 1.29 is 14.0 Å². The monoisotopic (exact) mass is 367 g/mol. The highest BCUT2D eigenvalue weighted by atomic mass is 16.4. The van der Waals surface area contributed by atoms with Crippen molar-refractivity contribution in [2.75, 3.05) is 18.0 Å². The number of anilines is 1. The number of nitrogens with zero attached hydrogens (tertiary/aromatic N) is 4. The van der Waals surface area contributed by atoms with Crippen molar-refractivity contribution in [1.29, 1.82) is 0 Å². The van der Waals surface area contributed by atoms with Crippen LogP contribution in [0.5, 0.6) is 0 Å². The fourth-order valence-electron chi connectivity index (χ4n) is 3.93. The summed E-state index contributed by atoms with van der Waals surface area (Å²) in [5.41, 5.74) is 3.94. The van der Waals surface area contributed by atoms with E-state index in [2.05, 4.69) is 34.4 Å². The number of hydrogen-bond donors (Lipinski definition) is 1. The van der Waals surface area contributed by atoms with E-state index in [9.17, 15) is 0 Å². The van der Waals surface area contributed by atoms with Gasteiger partial charge in [-0.3, -0.25) is 0 Å². The first-order chi connectivity index (χ1) is 13.2. The standard InChI is InChI=1S/C18H21N5O.CO2/c1-2-12-8-15-17(16(9-12)23-7-3-6-19-23)24-18(21-15)22-10-13-4-5-14(11-22)20-13;2-1-3/h3,6-9,13-14,20H,2,4-5,10-11H2,1H3;. The van der Waals surface area contributed by atoms with Crippen LogP contribution >= 0.6 is 0 Å². The number of aromatic nitrogens is 3. The summed E-state index contributed by atoms with van der Waals surface area (Å²) >= 11 is 0. The van der Waals surface area contributed by atoms with E-state index in [4.69, 9.17) is 19.0 Å². The summed E-state index contributed by atoms with van der Waals surface area (Å²) < 4.78 is 8.07. The molecular weight excluding hydrogens is 346 g/mol. The Bertz CT molecular complexity index is 947. The van der Waals surface area contributed by atoms with Crippen molar-refractivity contribution in [3.05, 3.63) is 36.2 Å². The van der Waals surface area contributed by atoms with Crippen LogP contribution in [0.1, 0.15) is 25.3 Å². The summed E-state index contributed by atoms with van der Waals surface area (Å²) in [6.45, 7) is 4.10. The molecule has 8 heteroatoms. The number of nitrogens with one attached hydrogen (secondary N) is 1. The van der Waals surface area contributed by atoms with Crippen molar-refractivity contribution in [1.82, 2.24) is 20.1 Å². The highest BCUT2D eigenvalue weighted by Gasteiger charge is 2.34. The molecule has 2 saturated heterocycles. The van der Waals surface area contributed by atoms with Crippen LogP contribution in [0.4, 0.5) is 6.01 Å². The fourth-order valence-corrected chi connectivity index (χ4v) is 3.93. The maximum Gasteiger partial charge on any atom is 0.373 e. The number of benzene rings is 1. The maximum absolute atomic E-state index is 8.12. The highest BCUT2D eigenvalue weighted by Crippen LogP contribution is 2.31. The van der Waals surface area contributed by atoms with Crippen LogP contribution in [-0.2, 0) is 16.0 Å². The van der Waals surface area contributed by atoms with Crippen LogP contribution in [0.25, 0.3) is 16.8 Å². The minimum absolute atomic E-state index is 0.250. The minimum Gasteiger partial charge on any atom is -0.421 e. The lowest BCUT2D eigenvalue weighted by Gasteiger charge is -2.31. The zero-order chi connectivity index (χ0) is 18.8. The molecule has 2 aromatic heterocycles. The van der Waals surface area contributed by atoms with Crippen LogP contribution in [0.3, 0.4) is 0 Å². The van der Waals surface area contributed by atoms with Crippen molar-refractivity contribution in [3.8, 4) is 5.69 Å². The third kappa shape index (κ3) is 3.37. The van der Waals surface area contributed by atoms with E-state index >= 15 is 0 Å². The zero-order valence-corrected chi connectivity index (χ0v) is 15.1. The number of carbonyl (C=O) groups excluding carboxylic acids is 2. The first kappa shape index (κ1) is 17.5. The minimum atomic E-state index is 0.250. The van der Waals surface area contributed by atoms with Crippen LogP contribution in [0.15, 0.2) is 35.0 Å². The molecular formula is C19H21N5O3. The Morgan fingerprint density at radius 2 is 2.00 bits per heavy atom. The van der Waals surface area contributed by atoms with Gasteiger partial charge in [-0.2, -0.15) is 19.7 Å². The first-order valence-corrected chi connectivity index (χ1v) is 9.15. The van der Waals surface area contributed by atoms with Crippen molar-refractivity contribution in [2.24, 2.45) is 0 Å². The van der Waals surface area contributed by atoms with Crippen LogP contribution in [-0.4, -0.2) is 46.1 Å². The molecule has 2 aliphatic heterocycles. The molecule has 2 aliphatic rings. The SMILES string of the molecule is CCc1cc(-n2cccn2)c2oc(N3CC4CCC(C3)N4)nc2c1.O=C=O. The second kappa shape index (κ2) is 7.34. The lowest BCUT2D eigenvalue weighted by molar-refractivity contribution is -0.191. The summed E-state index contributed by atoms with van der Waals surface area (Å²) in [5, 5.41) is 8.02. The third-order valence-corrected chi connectivity index (χ3v) is 5.17. The predicted molar refractivity (Wildman–Crippen MR) is 97.7 cm³/mol. The molecule has 1 aromatic carbocycles. The lowest BCUT2D eigenvalue weighted by Crippen LogP contribution is -2.51. The maximum atomic E-state index is 8.12. The molecule has 0 radical (unpaired) electrons. The molecule has 0 aliphatic carbocycles. The molecule has 8 nitrogen and oxygen atoms in total. The Kier molecular flexibility index (Phi) is 4.75. The molecule has 1 N–H and O–H groups in total. The van der Waals surface area contributed by atoms with Crippen LogP contribution < -0.4 is 10.2 Å². The molecule has 0 saturated carbocycles. The lowest BCUT2D eigenvalue weighted by atomic mass is 10.1. The Hall–Kier alpha value is -2.96. The summed E-state index contributed by atoms with van der Waals surface area (Å²) in [7, 11) is 0. The summed E-state index contributed by atoms with van der Waals surface area (Å²) in [6, 6.07) is 8.07. The summed E-state index contributed by atoms with van der Waals surface area (Å²) in [6.07, 6.45) is 7.45. The Morgan fingerprint density at radius 3 is 2.63 bits per heavy atom. The second-order valence-corrected chi connectivity index (χ2v) is 6.89. The van der Waals surface area contributed by atoms with E-state index in [1.165, 1.54) is 18.4 Å². The third-order valence-electron chi connectivity index (χ3n) is 5.17. The Morgan fingerprint density at radius 1 is 1.26 bits per heavy atom. The molecule has 5 rings (SSSR count). The van der Waals surface area contributed by atoms with Crippen LogP contribution in [0.2, 0.25) is 0 Å². The Labute approximate surface area is 156 Å². The van der Waals surface area contributed by atoms with Gasteiger partial charge >= 0.3 is 6.15 Å². The molecule has 0 spiro atoms. The molecule has 2 unspecified atom stereocenters. The highest BCUT2D eigenvalue weighted by molar-refractivity contribution is 5.84. The van der Waals surface area contributed by atoms with Crippen molar-refractivity contribution in [3.63, 3.8) is 0 Å². The number of fused-ring (bicyclic) bond motifs is 3. The molecule has 4 heterocycles. The van der Waals surface area contributed by atoms with Gasteiger partial charge in [0.2, 0.25) is 0 Å². The van der Waals surface area contributed by atoms with E-state index < -0.39 is 0 Å². The molecule has 3 aromatic rings. The van der Waals surface area contributed by atoms with E-state index in [1.54, 1.807) is 6.20 Å². The number of rotatable bonds is 3. The van der Waals surface area contributed by atoms with Gasteiger partial charge < -0.3 is 14.6 Å². The molecule has 2 bridgehead atoms. The number of hydrogen-bond acceptors (Lipinski definition) is 7. The van der Waals surface area contributed by atoms with Crippen LogP contribution in [0, 0.1) is 0 Å². The quantitative estimate of drug-likeness (QED) is 0.756. The zero-order valence-electron chi connectivity index (χ0n) is 15.1. The molecule has 140 valence electrons. The summed E-state index contributed by atoms with van der Waals surface area (Å²) in [4.78, 5) is 23.3. The van der Waals surface area contributed by atoms with Gasteiger partial charge in [0.05, 0.1) is 0 Å². The number of aryl methyl sites for hydroxylation is 1. The molecule has 2 atom stereocenters. The average Bonchev–Trinajstić information content (AvgIpc) is 3.41. The van der Waals surface area contributed by atoms with Gasteiger partial charge in [-0.05, 0) is 43.0 Å². The topological polar surface area (TPSA) is 93.3 Å². The first-order valence-electron chi connectivity index (χ1n) is 9.15. The Balaban J connectivity index is 0.000000565. The van der Waals surface area contributed by atoms with Gasteiger partial charge in [-0.15, -0.1) is 0 Å². The van der Waals surface area contributed by atoms with E-state index in [-0.39, 0.29) is 6.15 Å². The molecule has 27 heavy (non-hydrogen) atoms. The smallest absolute Gasteiger partial charge is 0.373 e. The van der Waals surface area contributed by atoms with Gasteiger partial charge in [0.1, 0.15) is 11.2 Å². The van der Waals surface area contributed by atoms with E-state index in [0.717, 1.165) is 42.3 Å². The van der Waals surface area contributed by atoms with Crippen molar-refractivity contribution in [2.45, 2.75) is 38.3 Å². The largest absolute Gasteiger partial charge is 0.421 e. The molecule has 2 fully saturated rings. The molecule has 0 amide bonds. The van der Waals surface area contributed by atoms with Gasteiger partial charge in [-0.1, -0.05) is 6.92 Å². The van der Waals surface area contributed by atoms with Gasteiger partial charge in [0.15, 0.2) is 5.58 Å².